The van der Waals surface area contributed by atoms with Crippen LogP contribution < -0.4 is 10.5 Å². The van der Waals surface area contributed by atoms with Gasteiger partial charge in [0.25, 0.3) is 5.91 Å². The molecule has 0 atom stereocenters. The van der Waals surface area contributed by atoms with Crippen molar-refractivity contribution >= 4 is 21.6 Å². The molecule has 0 radical (unpaired) electrons. The molecule has 0 aliphatic rings. The summed E-state index contributed by atoms with van der Waals surface area (Å²) in [6.07, 6.45) is 0. The number of aryl methyl sites for hydroxylation is 2. The van der Waals surface area contributed by atoms with E-state index in [9.17, 15) is 13.2 Å². The number of amides is 1. The molecule has 2 rings (SSSR count). The SMILES string of the molecule is Cc1cc(C(=O)Nc2ccc(C)c(S(N)(=O)=O)c2)on1. The summed E-state index contributed by atoms with van der Waals surface area (Å²) in [5, 5.41) is 11.2. The van der Waals surface area contributed by atoms with E-state index in [1.54, 1.807) is 26.0 Å². The highest BCUT2D eigenvalue weighted by Crippen LogP contribution is 2.19. The number of rotatable bonds is 3. The minimum absolute atomic E-state index is 0.0379. The van der Waals surface area contributed by atoms with Crippen LogP contribution in [0.5, 0.6) is 0 Å². The fourth-order valence-electron chi connectivity index (χ4n) is 1.65. The van der Waals surface area contributed by atoms with Gasteiger partial charge in [-0.05, 0) is 31.5 Å². The molecule has 0 aliphatic carbocycles. The van der Waals surface area contributed by atoms with Crippen LogP contribution in [0.4, 0.5) is 5.69 Å². The third-order valence-corrected chi connectivity index (χ3v) is 3.66. The number of hydrogen-bond donors (Lipinski definition) is 2. The average molecular weight is 295 g/mol. The van der Waals surface area contributed by atoms with Gasteiger partial charge in [-0.25, -0.2) is 13.6 Å². The van der Waals surface area contributed by atoms with Crippen molar-refractivity contribution < 1.29 is 17.7 Å². The van der Waals surface area contributed by atoms with Crippen molar-refractivity contribution in [2.45, 2.75) is 18.7 Å². The van der Waals surface area contributed by atoms with E-state index in [0.29, 0.717) is 16.9 Å². The Morgan fingerprint density at radius 3 is 2.55 bits per heavy atom. The number of carbonyl (C=O) groups is 1. The fraction of sp³-hybridized carbons (Fsp3) is 0.167. The minimum atomic E-state index is -3.84. The summed E-state index contributed by atoms with van der Waals surface area (Å²) in [6.45, 7) is 3.30. The molecule has 1 amide bonds. The van der Waals surface area contributed by atoms with Crippen molar-refractivity contribution in [2.24, 2.45) is 5.14 Å². The number of benzene rings is 1. The lowest BCUT2D eigenvalue weighted by molar-refractivity contribution is 0.0988. The molecule has 0 spiro atoms. The molecular weight excluding hydrogens is 282 g/mol. The van der Waals surface area contributed by atoms with Crippen LogP contribution in [-0.2, 0) is 10.0 Å². The molecule has 0 unspecified atom stereocenters. The number of sulfonamides is 1. The first-order valence-electron chi connectivity index (χ1n) is 5.65. The van der Waals surface area contributed by atoms with Crippen molar-refractivity contribution in [1.29, 1.82) is 0 Å². The second-order valence-electron chi connectivity index (χ2n) is 4.31. The normalized spacial score (nSPS) is 11.3. The topological polar surface area (TPSA) is 115 Å². The molecule has 0 saturated heterocycles. The van der Waals surface area contributed by atoms with E-state index in [-0.39, 0.29) is 10.7 Å². The summed E-state index contributed by atoms with van der Waals surface area (Å²) >= 11 is 0. The molecule has 8 heteroatoms. The van der Waals surface area contributed by atoms with Gasteiger partial charge in [0.15, 0.2) is 0 Å². The lowest BCUT2D eigenvalue weighted by Gasteiger charge is -2.07. The Bertz CT molecular complexity index is 765. The van der Waals surface area contributed by atoms with Gasteiger partial charge in [-0.3, -0.25) is 4.79 Å². The molecule has 0 bridgehead atoms. The van der Waals surface area contributed by atoms with Gasteiger partial charge in [0.1, 0.15) is 0 Å². The van der Waals surface area contributed by atoms with Gasteiger partial charge in [-0.15, -0.1) is 0 Å². The molecule has 1 aromatic carbocycles. The molecule has 0 saturated carbocycles. The number of nitrogens with two attached hydrogens (primary N) is 1. The molecule has 3 N–H and O–H groups in total. The van der Waals surface area contributed by atoms with Crippen molar-refractivity contribution in [2.75, 3.05) is 5.32 Å². The smallest absolute Gasteiger partial charge is 0.294 e. The zero-order valence-corrected chi connectivity index (χ0v) is 11.7. The predicted octanol–water partition coefficient (Wildman–Crippen LogP) is 1.19. The highest BCUT2D eigenvalue weighted by molar-refractivity contribution is 7.89. The highest BCUT2D eigenvalue weighted by atomic mass is 32.2. The number of carbonyl (C=O) groups excluding carboxylic acids is 1. The quantitative estimate of drug-likeness (QED) is 0.882. The monoisotopic (exact) mass is 295 g/mol. The second kappa shape index (κ2) is 5.06. The van der Waals surface area contributed by atoms with Crippen molar-refractivity contribution in [3.05, 3.63) is 41.3 Å². The van der Waals surface area contributed by atoms with Gasteiger partial charge in [0, 0.05) is 11.8 Å². The number of nitrogens with one attached hydrogen (secondary N) is 1. The van der Waals surface area contributed by atoms with Gasteiger partial charge < -0.3 is 9.84 Å². The maximum atomic E-state index is 11.8. The summed E-state index contributed by atoms with van der Waals surface area (Å²) in [7, 11) is -3.84. The van der Waals surface area contributed by atoms with Crippen LogP contribution in [0.1, 0.15) is 21.8 Å². The van der Waals surface area contributed by atoms with E-state index >= 15 is 0 Å². The summed E-state index contributed by atoms with van der Waals surface area (Å²) < 4.78 is 27.6. The maximum absolute atomic E-state index is 11.8. The van der Waals surface area contributed by atoms with E-state index in [4.69, 9.17) is 9.66 Å². The number of nitrogens with zero attached hydrogens (tertiary/aromatic N) is 1. The van der Waals surface area contributed by atoms with Gasteiger partial charge in [-0.1, -0.05) is 11.2 Å². The molecule has 2 aromatic rings. The molecule has 1 heterocycles. The number of aromatic nitrogens is 1. The number of primary sulfonamides is 1. The largest absolute Gasteiger partial charge is 0.351 e. The van der Waals surface area contributed by atoms with Crippen molar-refractivity contribution in [1.82, 2.24) is 5.16 Å². The van der Waals surface area contributed by atoms with Crippen molar-refractivity contribution in [3.63, 3.8) is 0 Å². The molecule has 20 heavy (non-hydrogen) atoms. The van der Waals surface area contributed by atoms with Crippen LogP contribution in [0.3, 0.4) is 0 Å². The third-order valence-electron chi connectivity index (χ3n) is 2.60. The van der Waals surface area contributed by atoms with Crippen LogP contribution in [-0.4, -0.2) is 19.5 Å². The lowest BCUT2D eigenvalue weighted by Crippen LogP contribution is -2.15. The first-order valence-corrected chi connectivity index (χ1v) is 7.20. The zero-order chi connectivity index (χ0) is 14.9. The zero-order valence-electron chi connectivity index (χ0n) is 10.9. The first-order chi connectivity index (χ1) is 9.27. The molecule has 0 aliphatic heterocycles. The van der Waals surface area contributed by atoms with Crippen LogP contribution in [0.15, 0.2) is 33.7 Å². The Balaban J connectivity index is 2.29. The van der Waals surface area contributed by atoms with Crippen LogP contribution in [0.25, 0.3) is 0 Å². The van der Waals surface area contributed by atoms with E-state index in [2.05, 4.69) is 10.5 Å². The summed E-state index contributed by atoms with van der Waals surface area (Å²) in [5.41, 5.74) is 1.38. The van der Waals surface area contributed by atoms with Gasteiger partial charge in [0.2, 0.25) is 15.8 Å². The Morgan fingerprint density at radius 2 is 2.00 bits per heavy atom. The average Bonchev–Trinajstić information content (AvgIpc) is 2.77. The number of anilines is 1. The van der Waals surface area contributed by atoms with E-state index in [1.807, 2.05) is 0 Å². The Morgan fingerprint density at radius 1 is 1.30 bits per heavy atom. The number of hydrogen-bond acceptors (Lipinski definition) is 5. The Hall–Kier alpha value is -2.19. The van der Waals surface area contributed by atoms with Crippen LogP contribution in [0, 0.1) is 13.8 Å². The van der Waals surface area contributed by atoms with E-state index in [0.717, 1.165) is 0 Å². The first kappa shape index (κ1) is 14.2. The molecule has 0 fully saturated rings. The standard InChI is InChI=1S/C12H13N3O4S/c1-7-3-4-9(6-11(7)20(13,17)18)14-12(16)10-5-8(2)15-19-10/h3-6H,1-2H3,(H,14,16)(H2,13,17,18). The summed E-state index contributed by atoms with van der Waals surface area (Å²) in [4.78, 5) is 11.8. The van der Waals surface area contributed by atoms with Crippen LogP contribution >= 0.6 is 0 Å². The van der Waals surface area contributed by atoms with Crippen molar-refractivity contribution in [3.8, 4) is 0 Å². The van der Waals surface area contributed by atoms with Crippen LogP contribution in [0.2, 0.25) is 0 Å². The van der Waals surface area contributed by atoms with E-state index in [1.165, 1.54) is 12.1 Å². The molecule has 1 aromatic heterocycles. The van der Waals surface area contributed by atoms with Gasteiger partial charge in [-0.2, -0.15) is 0 Å². The Kier molecular flexibility index (Phi) is 3.60. The molecule has 106 valence electrons. The minimum Gasteiger partial charge on any atom is -0.351 e. The van der Waals surface area contributed by atoms with E-state index < -0.39 is 15.9 Å². The lowest BCUT2D eigenvalue weighted by atomic mass is 10.2. The summed E-state index contributed by atoms with van der Waals surface area (Å²) in [6, 6.07) is 5.90. The summed E-state index contributed by atoms with van der Waals surface area (Å²) in [5.74, 6) is -0.477. The predicted molar refractivity (Wildman–Crippen MR) is 71.7 cm³/mol. The molecular formula is C12H13N3O4S. The molecule has 7 nitrogen and oxygen atoms in total. The Labute approximate surface area is 115 Å². The van der Waals surface area contributed by atoms with Gasteiger partial charge in [0.05, 0.1) is 10.6 Å². The maximum Gasteiger partial charge on any atom is 0.294 e. The highest BCUT2D eigenvalue weighted by Gasteiger charge is 2.15. The van der Waals surface area contributed by atoms with Gasteiger partial charge >= 0.3 is 0 Å². The third kappa shape index (κ3) is 3.03. The second-order valence-corrected chi connectivity index (χ2v) is 5.84. The fourth-order valence-corrected chi connectivity index (χ4v) is 2.46.